The maximum absolute atomic E-state index is 6.02. The van der Waals surface area contributed by atoms with Crippen LogP contribution in [0.1, 0.15) is 12.1 Å². The van der Waals surface area contributed by atoms with Crippen LogP contribution in [0, 0.1) is 0 Å². The Bertz CT molecular complexity index is 835. The van der Waals surface area contributed by atoms with Gasteiger partial charge in [-0.15, -0.1) is 11.3 Å². The standard InChI is InChI=1S/C16H14N4OS/c17-15-18-12(14-7-4-8-21-14)9-20(15)16-19-13(10-22-16)11-5-2-1-3-6-11/h1-3,5-7,9-10H,4,8H2,(H2,17,18). The highest BCUT2D eigenvalue weighted by Gasteiger charge is 2.16. The third kappa shape index (κ3) is 2.27. The number of imidazole rings is 1. The minimum atomic E-state index is 0.417. The highest BCUT2D eigenvalue weighted by molar-refractivity contribution is 7.12. The van der Waals surface area contributed by atoms with Crippen molar-refractivity contribution in [1.82, 2.24) is 14.5 Å². The van der Waals surface area contributed by atoms with Gasteiger partial charge in [-0.3, -0.25) is 4.57 Å². The lowest BCUT2D eigenvalue weighted by Gasteiger charge is -1.98. The summed E-state index contributed by atoms with van der Waals surface area (Å²) >= 11 is 1.54. The Balaban J connectivity index is 1.69. The maximum atomic E-state index is 6.02. The van der Waals surface area contributed by atoms with Gasteiger partial charge < -0.3 is 10.5 Å². The average molecular weight is 310 g/mol. The minimum Gasteiger partial charge on any atom is -0.491 e. The van der Waals surface area contributed by atoms with E-state index in [1.165, 1.54) is 11.3 Å². The Labute approximate surface area is 131 Å². The number of ether oxygens (including phenoxy) is 1. The fourth-order valence-corrected chi connectivity index (χ4v) is 3.20. The Kier molecular flexibility index (Phi) is 3.16. The molecule has 110 valence electrons. The van der Waals surface area contributed by atoms with Gasteiger partial charge in [-0.25, -0.2) is 9.97 Å². The summed E-state index contributed by atoms with van der Waals surface area (Å²) < 4.78 is 7.33. The number of nitrogen functional groups attached to an aromatic ring is 1. The molecule has 1 aliphatic rings. The molecule has 0 unspecified atom stereocenters. The van der Waals surface area contributed by atoms with Crippen molar-refractivity contribution in [1.29, 1.82) is 0 Å². The zero-order chi connectivity index (χ0) is 14.9. The maximum Gasteiger partial charge on any atom is 0.207 e. The molecule has 0 radical (unpaired) electrons. The molecule has 0 saturated carbocycles. The van der Waals surface area contributed by atoms with Gasteiger partial charge in [0.05, 0.1) is 12.3 Å². The van der Waals surface area contributed by atoms with Gasteiger partial charge in [0.15, 0.2) is 5.13 Å². The van der Waals surface area contributed by atoms with Crippen molar-refractivity contribution >= 4 is 23.0 Å². The Morgan fingerprint density at radius 3 is 2.77 bits per heavy atom. The van der Waals surface area contributed by atoms with Crippen LogP contribution in [0.5, 0.6) is 0 Å². The first-order chi connectivity index (χ1) is 10.8. The predicted octanol–water partition coefficient (Wildman–Crippen LogP) is 3.34. The quantitative estimate of drug-likeness (QED) is 0.805. The molecule has 0 atom stereocenters. The Morgan fingerprint density at radius 2 is 2.00 bits per heavy atom. The van der Waals surface area contributed by atoms with Crippen LogP contribution < -0.4 is 5.73 Å². The van der Waals surface area contributed by atoms with Gasteiger partial charge in [0, 0.05) is 23.6 Å². The van der Waals surface area contributed by atoms with Crippen molar-refractivity contribution in [3.8, 4) is 16.4 Å². The number of aromatic nitrogens is 3. The molecule has 6 heteroatoms. The second-order valence-electron chi connectivity index (χ2n) is 4.94. The van der Waals surface area contributed by atoms with E-state index in [0.29, 0.717) is 12.6 Å². The molecule has 1 aliphatic heterocycles. The lowest BCUT2D eigenvalue weighted by Crippen LogP contribution is -1.98. The van der Waals surface area contributed by atoms with E-state index in [4.69, 9.17) is 10.5 Å². The van der Waals surface area contributed by atoms with Crippen molar-refractivity contribution in [2.24, 2.45) is 0 Å². The topological polar surface area (TPSA) is 66.0 Å². The van der Waals surface area contributed by atoms with Crippen LogP contribution in [-0.4, -0.2) is 21.1 Å². The lowest BCUT2D eigenvalue weighted by atomic mass is 10.2. The van der Waals surface area contributed by atoms with E-state index in [1.807, 2.05) is 48.0 Å². The first-order valence-electron chi connectivity index (χ1n) is 7.01. The van der Waals surface area contributed by atoms with E-state index < -0.39 is 0 Å². The monoisotopic (exact) mass is 310 g/mol. The SMILES string of the molecule is Nc1nc(C2=CCCO2)cn1-c1nc(-c2ccccc2)cs1. The molecule has 0 aliphatic carbocycles. The molecule has 22 heavy (non-hydrogen) atoms. The molecule has 2 N–H and O–H groups in total. The molecule has 5 nitrogen and oxygen atoms in total. The van der Waals surface area contributed by atoms with Gasteiger partial charge in [0.2, 0.25) is 5.95 Å². The molecule has 0 fully saturated rings. The molecule has 2 aromatic heterocycles. The van der Waals surface area contributed by atoms with E-state index in [1.54, 1.807) is 4.57 Å². The molecule has 4 rings (SSSR count). The summed E-state index contributed by atoms with van der Waals surface area (Å²) in [5.41, 5.74) is 8.81. The summed E-state index contributed by atoms with van der Waals surface area (Å²) in [6, 6.07) is 10.1. The van der Waals surface area contributed by atoms with Crippen molar-refractivity contribution in [3.63, 3.8) is 0 Å². The summed E-state index contributed by atoms with van der Waals surface area (Å²) in [4.78, 5) is 9.02. The van der Waals surface area contributed by atoms with Crippen LogP contribution in [0.3, 0.4) is 0 Å². The van der Waals surface area contributed by atoms with Gasteiger partial charge in [-0.2, -0.15) is 0 Å². The van der Waals surface area contributed by atoms with Gasteiger partial charge >= 0.3 is 0 Å². The number of hydrogen-bond acceptors (Lipinski definition) is 5. The van der Waals surface area contributed by atoms with Crippen LogP contribution in [0.2, 0.25) is 0 Å². The number of nitrogens with zero attached hydrogens (tertiary/aromatic N) is 3. The van der Waals surface area contributed by atoms with E-state index in [2.05, 4.69) is 9.97 Å². The smallest absolute Gasteiger partial charge is 0.207 e. The summed E-state index contributed by atoms with van der Waals surface area (Å²) in [6.07, 6.45) is 4.82. The number of benzene rings is 1. The van der Waals surface area contributed by atoms with Crippen molar-refractivity contribution in [3.05, 3.63) is 53.7 Å². The number of anilines is 1. The molecule has 0 spiro atoms. The van der Waals surface area contributed by atoms with Crippen LogP contribution >= 0.6 is 11.3 Å². The Hall–Kier alpha value is -2.60. The van der Waals surface area contributed by atoms with E-state index in [9.17, 15) is 0 Å². The highest BCUT2D eigenvalue weighted by Crippen LogP contribution is 2.28. The van der Waals surface area contributed by atoms with Gasteiger partial charge in [0.25, 0.3) is 0 Å². The molecule has 3 heterocycles. The predicted molar refractivity (Wildman–Crippen MR) is 87.6 cm³/mol. The largest absolute Gasteiger partial charge is 0.491 e. The van der Waals surface area contributed by atoms with Gasteiger partial charge in [-0.05, 0) is 6.08 Å². The summed E-state index contributed by atoms with van der Waals surface area (Å²) in [6.45, 7) is 0.706. The zero-order valence-electron chi connectivity index (χ0n) is 11.8. The fourth-order valence-electron chi connectivity index (χ4n) is 2.38. The second kappa shape index (κ2) is 5.31. The first kappa shape index (κ1) is 13.1. The van der Waals surface area contributed by atoms with Crippen LogP contribution in [0.25, 0.3) is 22.1 Å². The molecule has 0 bridgehead atoms. The van der Waals surface area contributed by atoms with Crippen molar-refractivity contribution in [2.45, 2.75) is 6.42 Å². The van der Waals surface area contributed by atoms with Crippen LogP contribution in [0.4, 0.5) is 5.95 Å². The number of rotatable bonds is 3. The van der Waals surface area contributed by atoms with Crippen molar-refractivity contribution < 1.29 is 4.74 Å². The molecule has 0 amide bonds. The summed E-state index contributed by atoms with van der Waals surface area (Å²) in [5.74, 6) is 1.21. The molecular weight excluding hydrogens is 296 g/mol. The molecule has 1 aromatic carbocycles. The second-order valence-corrected chi connectivity index (χ2v) is 5.78. The molecule has 0 saturated heterocycles. The average Bonchev–Trinajstić information content (AvgIpc) is 3.28. The van der Waals surface area contributed by atoms with E-state index >= 15 is 0 Å². The first-order valence-corrected chi connectivity index (χ1v) is 7.89. The van der Waals surface area contributed by atoms with Crippen LogP contribution in [-0.2, 0) is 4.74 Å². The third-order valence-corrected chi connectivity index (χ3v) is 4.30. The highest BCUT2D eigenvalue weighted by atomic mass is 32.1. The number of nitrogens with two attached hydrogens (primary N) is 1. The Morgan fingerprint density at radius 1 is 1.14 bits per heavy atom. The van der Waals surface area contributed by atoms with Crippen LogP contribution in [0.15, 0.2) is 48.0 Å². The zero-order valence-corrected chi connectivity index (χ0v) is 12.6. The number of hydrogen-bond donors (Lipinski definition) is 1. The minimum absolute atomic E-state index is 0.417. The molecular formula is C16H14N4OS. The summed E-state index contributed by atoms with van der Waals surface area (Å²) in [7, 11) is 0. The molecule has 3 aromatic rings. The van der Waals surface area contributed by atoms with E-state index in [0.717, 1.165) is 34.3 Å². The van der Waals surface area contributed by atoms with Gasteiger partial charge in [-0.1, -0.05) is 30.3 Å². The van der Waals surface area contributed by atoms with Crippen molar-refractivity contribution in [2.75, 3.05) is 12.3 Å². The fraction of sp³-hybridized carbons (Fsp3) is 0.125. The number of thiazole rings is 1. The third-order valence-electron chi connectivity index (χ3n) is 3.46. The van der Waals surface area contributed by atoms with Gasteiger partial charge in [0.1, 0.15) is 11.5 Å². The summed E-state index contributed by atoms with van der Waals surface area (Å²) in [5, 5.41) is 2.82. The normalized spacial score (nSPS) is 13.9. The van der Waals surface area contributed by atoms with E-state index in [-0.39, 0.29) is 0 Å². The lowest BCUT2D eigenvalue weighted by molar-refractivity contribution is 0.306.